The zero-order valence-corrected chi connectivity index (χ0v) is 11.0. The Kier molecular flexibility index (Phi) is 4.75. The van der Waals surface area contributed by atoms with Gasteiger partial charge in [0.15, 0.2) is 0 Å². The zero-order valence-electron chi connectivity index (χ0n) is 10.3. The Morgan fingerprint density at radius 2 is 2.24 bits per heavy atom. The van der Waals surface area contributed by atoms with E-state index in [1.165, 1.54) is 0 Å². The Bertz CT molecular complexity index is 388. The first-order valence-electron chi connectivity index (χ1n) is 5.44. The number of aromatic nitrogens is 1. The SMILES string of the molecule is CC(C)(C)OC(=O)NCCc1ccnc(Cl)c1. The van der Waals surface area contributed by atoms with Crippen molar-refractivity contribution in [1.29, 1.82) is 0 Å². The smallest absolute Gasteiger partial charge is 0.407 e. The van der Waals surface area contributed by atoms with Gasteiger partial charge in [0, 0.05) is 12.7 Å². The molecule has 0 aliphatic heterocycles. The van der Waals surface area contributed by atoms with Gasteiger partial charge < -0.3 is 10.1 Å². The van der Waals surface area contributed by atoms with Gasteiger partial charge in [0.05, 0.1) is 0 Å². The summed E-state index contributed by atoms with van der Waals surface area (Å²) in [4.78, 5) is 15.2. The molecule has 0 aliphatic rings. The van der Waals surface area contributed by atoms with Crippen LogP contribution in [-0.4, -0.2) is 23.2 Å². The summed E-state index contributed by atoms with van der Waals surface area (Å²) in [5.74, 6) is 0. The fourth-order valence-electron chi connectivity index (χ4n) is 1.22. The number of hydrogen-bond acceptors (Lipinski definition) is 3. The summed E-state index contributed by atoms with van der Waals surface area (Å²) in [5.41, 5.74) is 0.561. The molecule has 1 aromatic heterocycles. The fraction of sp³-hybridized carbons (Fsp3) is 0.500. The van der Waals surface area contributed by atoms with Crippen molar-refractivity contribution >= 4 is 17.7 Å². The minimum atomic E-state index is -0.468. The average Bonchev–Trinajstić information content (AvgIpc) is 2.14. The van der Waals surface area contributed by atoms with Gasteiger partial charge in [-0.1, -0.05) is 11.6 Å². The Morgan fingerprint density at radius 3 is 2.82 bits per heavy atom. The molecule has 0 spiro atoms. The molecule has 0 bridgehead atoms. The second-order valence-corrected chi connectivity index (χ2v) is 5.05. The number of rotatable bonds is 3. The lowest BCUT2D eigenvalue weighted by atomic mass is 10.2. The van der Waals surface area contributed by atoms with Crippen molar-refractivity contribution in [3.8, 4) is 0 Å². The van der Waals surface area contributed by atoms with Crippen LogP contribution < -0.4 is 5.32 Å². The Balaban J connectivity index is 2.31. The van der Waals surface area contributed by atoms with Crippen molar-refractivity contribution in [3.05, 3.63) is 29.0 Å². The largest absolute Gasteiger partial charge is 0.444 e. The van der Waals surface area contributed by atoms with Crippen LogP contribution >= 0.6 is 11.6 Å². The maximum Gasteiger partial charge on any atom is 0.407 e. The first-order chi connectivity index (χ1) is 7.87. The number of hydrogen-bond donors (Lipinski definition) is 1. The van der Waals surface area contributed by atoms with Gasteiger partial charge >= 0.3 is 6.09 Å². The summed E-state index contributed by atoms with van der Waals surface area (Å²) in [6.07, 6.45) is 1.93. The summed E-state index contributed by atoms with van der Waals surface area (Å²) >= 11 is 5.75. The number of nitrogens with zero attached hydrogens (tertiary/aromatic N) is 1. The van der Waals surface area contributed by atoms with E-state index in [4.69, 9.17) is 16.3 Å². The van der Waals surface area contributed by atoms with Crippen LogP contribution in [0.3, 0.4) is 0 Å². The highest BCUT2D eigenvalue weighted by atomic mass is 35.5. The second kappa shape index (κ2) is 5.87. The van der Waals surface area contributed by atoms with E-state index in [9.17, 15) is 4.79 Å². The van der Waals surface area contributed by atoms with E-state index in [0.29, 0.717) is 18.1 Å². The molecular weight excluding hydrogens is 240 g/mol. The van der Waals surface area contributed by atoms with Crippen LogP contribution in [0.4, 0.5) is 4.79 Å². The number of halogens is 1. The molecule has 0 radical (unpaired) electrons. The molecule has 1 amide bonds. The Labute approximate surface area is 106 Å². The van der Waals surface area contributed by atoms with Gasteiger partial charge in [0.2, 0.25) is 0 Å². The summed E-state index contributed by atoms with van der Waals surface area (Å²) < 4.78 is 5.11. The summed E-state index contributed by atoms with van der Waals surface area (Å²) in [7, 11) is 0. The van der Waals surface area contributed by atoms with Gasteiger partial charge in [-0.3, -0.25) is 0 Å². The lowest BCUT2D eigenvalue weighted by Crippen LogP contribution is -2.33. The minimum Gasteiger partial charge on any atom is -0.444 e. The highest BCUT2D eigenvalue weighted by Crippen LogP contribution is 2.08. The van der Waals surface area contributed by atoms with Gasteiger partial charge in [-0.25, -0.2) is 9.78 Å². The van der Waals surface area contributed by atoms with E-state index < -0.39 is 11.7 Å². The van der Waals surface area contributed by atoms with Crippen LogP contribution in [0.2, 0.25) is 5.15 Å². The van der Waals surface area contributed by atoms with Crippen LogP contribution in [-0.2, 0) is 11.2 Å². The highest BCUT2D eigenvalue weighted by molar-refractivity contribution is 6.29. The van der Waals surface area contributed by atoms with Gasteiger partial charge in [-0.2, -0.15) is 0 Å². The third-order valence-corrected chi connectivity index (χ3v) is 2.08. The lowest BCUT2D eigenvalue weighted by Gasteiger charge is -2.19. The molecule has 0 unspecified atom stereocenters. The Hall–Kier alpha value is -1.29. The topological polar surface area (TPSA) is 51.2 Å². The normalized spacial score (nSPS) is 11.1. The molecule has 0 saturated heterocycles. The van der Waals surface area contributed by atoms with E-state index in [1.54, 1.807) is 12.3 Å². The monoisotopic (exact) mass is 256 g/mol. The molecule has 5 heteroatoms. The van der Waals surface area contributed by atoms with E-state index >= 15 is 0 Å². The first-order valence-corrected chi connectivity index (χ1v) is 5.82. The molecule has 17 heavy (non-hydrogen) atoms. The van der Waals surface area contributed by atoms with Crippen LogP contribution in [0.15, 0.2) is 18.3 Å². The molecule has 1 N–H and O–H groups in total. The van der Waals surface area contributed by atoms with Gasteiger partial charge in [0.1, 0.15) is 10.8 Å². The standard InChI is InChI=1S/C12H17ClN2O2/c1-12(2,3)17-11(16)15-7-5-9-4-6-14-10(13)8-9/h4,6,8H,5,7H2,1-3H3,(H,15,16). The van der Waals surface area contributed by atoms with Crippen molar-refractivity contribution in [1.82, 2.24) is 10.3 Å². The van der Waals surface area contributed by atoms with Crippen molar-refractivity contribution in [2.75, 3.05) is 6.54 Å². The number of ether oxygens (including phenoxy) is 1. The fourth-order valence-corrected chi connectivity index (χ4v) is 1.42. The molecular formula is C12H17ClN2O2. The molecule has 0 fully saturated rings. The molecule has 1 heterocycles. The van der Waals surface area contributed by atoms with Crippen LogP contribution in [0.5, 0.6) is 0 Å². The molecule has 1 aromatic rings. The molecule has 0 aromatic carbocycles. The lowest BCUT2D eigenvalue weighted by molar-refractivity contribution is 0.0528. The number of alkyl carbamates (subject to hydrolysis) is 1. The van der Waals surface area contributed by atoms with E-state index in [2.05, 4.69) is 10.3 Å². The van der Waals surface area contributed by atoms with Gasteiger partial charge in [-0.05, 0) is 44.9 Å². The minimum absolute atomic E-state index is 0.405. The summed E-state index contributed by atoms with van der Waals surface area (Å²) in [5, 5.41) is 3.14. The number of pyridine rings is 1. The summed E-state index contributed by atoms with van der Waals surface area (Å²) in [6, 6.07) is 3.64. The van der Waals surface area contributed by atoms with Crippen molar-refractivity contribution in [2.24, 2.45) is 0 Å². The summed E-state index contributed by atoms with van der Waals surface area (Å²) in [6.45, 7) is 5.99. The highest BCUT2D eigenvalue weighted by Gasteiger charge is 2.15. The average molecular weight is 257 g/mol. The molecule has 94 valence electrons. The maximum atomic E-state index is 11.3. The third-order valence-electron chi connectivity index (χ3n) is 1.87. The van der Waals surface area contributed by atoms with Crippen LogP contribution in [0.25, 0.3) is 0 Å². The number of amides is 1. The first kappa shape index (κ1) is 13.8. The Morgan fingerprint density at radius 1 is 1.53 bits per heavy atom. The predicted octanol–water partition coefficient (Wildman–Crippen LogP) is 2.80. The van der Waals surface area contributed by atoms with Crippen molar-refractivity contribution in [2.45, 2.75) is 32.8 Å². The predicted molar refractivity (Wildman–Crippen MR) is 67.2 cm³/mol. The maximum absolute atomic E-state index is 11.3. The van der Waals surface area contributed by atoms with Crippen LogP contribution in [0, 0.1) is 0 Å². The van der Waals surface area contributed by atoms with Gasteiger partial charge in [0.25, 0.3) is 0 Å². The quantitative estimate of drug-likeness (QED) is 0.846. The second-order valence-electron chi connectivity index (χ2n) is 4.67. The zero-order chi connectivity index (χ0) is 12.9. The molecule has 1 rings (SSSR count). The number of carbonyl (C=O) groups excluding carboxylic acids is 1. The molecule has 4 nitrogen and oxygen atoms in total. The van der Waals surface area contributed by atoms with E-state index in [0.717, 1.165) is 5.56 Å². The number of carbonyl (C=O) groups is 1. The van der Waals surface area contributed by atoms with Gasteiger partial charge in [-0.15, -0.1) is 0 Å². The van der Waals surface area contributed by atoms with Crippen LogP contribution in [0.1, 0.15) is 26.3 Å². The molecule has 0 atom stereocenters. The molecule has 0 saturated carbocycles. The molecule has 0 aliphatic carbocycles. The van der Waals surface area contributed by atoms with Crippen molar-refractivity contribution in [3.63, 3.8) is 0 Å². The van der Waals surface area contributed by atoms with E-state index in [-0.39, 0.29) is 0 Å². The third kappa shape index (κ3) is 6.12. The van der Waals surface area contributed by atoms with Crippen molar-refractivity contribution < 1.29 is 9.53 Å². The van der Waals surface area contributed by atoms with E-state index in [1.807, 2.05) is 26.8 Å². The number of nitrogens with one attached hydrogen (secondary N) is 1.